The van der Waals surface area contributed by atoms with Crippen LogP contribution in [0.2, 0.25) is 0 Å². The summed E-state index contributed by atoms with van der Waals surface area (Å²) in [4.78, 5) is 14.9. The standard InChI is InChI=1S/C11H13NOS/c1-8-6-4-5-7-10(8)11(14-3)12-9(2)13/h4-7H,1-3H3. The summed E-state index contributed by atoms with van der Waals surface area (Å²) in [5.74, 6) is -0.155. The van der Waals surface area contributed by atoms with E-state index in [0.717, 1.165) is 16.2 Å². The first kappa shape index (κ1) is 11.0. The number of aryl methyl sites for hydroxylation is 1. The average molecular weight is 207 g/mol. The Labute approximate surface area is 88.4 Å². The van der Waals surface area contributed by atoms with Crippen molar-refractivity contribution < 1.29 is 4.79 Å². The van der Waals surface area contributed by atoms with Crippen molar-refractivity contribution in [3.05, 3.63) is 35.4 Å². The molecule has 0 atom stereocenters. The lowest BCUT2D eigenvalue weighted by Crippen LogP contribution is -2.00. The third-order valence-electron chi connectivity index (χ3n) is 1.83. The Balaban J connectivity index is 3.13. The zero-order valence-electron chi connectivity index (χ0n) is 8.57. The first-order valence-corrected chi connectivity index (χ1v) is 5.57. The molecule has 0 heterocycles. The minimum atomic E-state index is -0.155. The third kappa shape index (κ3) is 2.70. The molecule has 0 aliphatic rings. The lowest BCUT2D eigenvalue weighted by molar-refractivity contribution is -0.115. The van der Waals surface area contributed by atoms with E-state index in [2.05, 4.69) is 4.99 Å². The molecule has 0 fully saturated rings. The highest BCUT2D eigenvalue weighted by molar-refractivity contribution is 8.13. The molecule has 0 aromatic heterocycles. The number of hydrogen-bond acceptors (Lipinski definition) is 2. The molecule has 0 radical (unpaired) electrons. The molecule has 1 amide bonds. The van der Waals surface area contributed by atoms with E-state index in [1.165, 1.54) is 18.7 Å². The maximum atomic E-state index is 10.9. The third-order valence-corrected chi connectivity index (χ3v) is 2.53. The van der Waals surface area contributed by atoms with Gasteiger partial charge in [-0.25, -0.2) is 4.99 Å². The highest BCUT2D eigenvalue weighted by Gasteiger charge is 2.05. The van der Waals surface area contributed by atoms with Gasteiger partial charge in [-0.2, -0.15) is 0 Å². The summed E-state index contributed by atoms with van der Waals surface area (Å²) in [5, 5.41) is 0.788. The summed E-state index contributed by atoms with van der Waals surface area (Å²) in [5.41, 5.74) is 2.18. The number of nitrogens with zero attached hydrogens (tertiary/aromatic N) is 1. The summed E-state index contributed by atoms with van der Waals surface area (Å²) in [6.07, 6.45) is 1.92. The van der Waals surface area contributed by atoms with Gasteiger partial charge in [-0.3, -0.25) is 4.79 Å². The van der Waals surface area contributed by atoms with Crippen molar-refractivity contribution in [2.24, 2.45) is 4.99 Å². The zero-order valence-corrected chi connectivity index (χ0v) is 9.39. The number of rotatable bonds is 1. The van der Waals surface area contributed by atoms with Crippen molar-refractivity contribution in [3.63, 3.8) is 0 Å². The fourth-order valence-electron chi connectivity index (χ4n) is 1.17. The molecule has 0 aliphatic carbocycles. The Morgan fingerprint density at radius 1 is 1.36 bits per heavy atom. The molecule has 0 bridgehead atoms. The van der Waals surface area contributed by atoms with Crippen LogP contribution in [0.25, 0.3) is 0 Å². The minimum Gasteiger partial charge on any atom is -0.273 e. The highest BCUT2D eigenvalue weighted by Crippen LogP contribution is 2.15. The predicted octanol–water partition coefficient (Wildman–Crippen LogP) is 2.65. The molecular weight excluding hydrogens is 194 g/mol. The second kappa shape index (κ2) is 4.96. The van der Waals surface area contributed by atoms with Gasteiger partial charge in [-0.05, 0) is 18.7 Å². The Morgan fingerprint density at radius 3 is 2.50 bits per heavy atom. The zero-order chi connectivity index (χ0) is 10.6. The van der Waals surface area contributed by atoms with E-state index >= 15 is 0 Å². The van der Waals surface area contributed by atoms with Crippen LogP contribution in [0.3, 0.4) is 0 Å². The number of amides is 1. The number of hydrogen-bond donors (Lipinski definition) is 0. The smallest absolute Gasteiger partial charge is 0.243 e. The fraction of sp³-hybridized carbons (Fsp3) is 0.273. The van der Waals surface area contributed by atoms with Crippen LogP contribution in [0.4, 0.5) is 0 Å². The molecule has 2 nitrogen and oxygen atoms in total. The van der Waals surface area contributed by atoms with Gasteiger partial charge in [-0.15, -0.1) is 11.8 Å². The van der Waals surface area contributed by atoms with Crippen LogP contribution >= 0.6 is 11.8 Å². The molecule has 0 spiro atoms. The summed E-state index contributed by atoms with van der Waals surface area (Å²) in [6, 6.07) is 7.92. The molecule has 0 saturated carbocycles. The first-order valence-electron chi connectivity index (χ1n) is 4.34. The molecule has 0 unspecified atom stereocenters. The first-order chi connectivity index (χ1) is 6.65. The monoisotopic (exact) mass is 207 g/mol. The van der Waals surface area contributed by atoms with Crippen molar-refractivity contribution in [2.45, 2.75) is 13.8 Å². The van der Waals surface area contributed by atoms with Gasteiger partial charge in [0, 0.05) is 12.5 Å². The number of carbonyl (C=O) groups is 1. The number of thioether (sulfide) groups is 1. The van der Waals surface area contributed by atoms with Gasteiger partial charge >= 0.3 is 0 Å². The van der Waals surface area contributed by atoms with E-state index in [4.69, 9.17) is 0 Å². The van der Waals surface area contributed by atoms with Gasteiger partial charge < -0.3 is 0 Å². The largest absolute Gasteiger partial charge is 0.273 e. The minimum absolute atomic E-state index is 0.155. The van der Waals surface area contributed by atoms with Crippen LogP contribution in [0, 0.1) is 6.92 Å². The van der Waals surface area contributed by atoms with Gasteiger partial charge in [0.05, 0.1) is 0 Å². The van der Waals surface area contributed by atoms with Gasteiger partial charge in [0.25, 0.3) is 0 Å². The molecule has 74 valence electrons. The quantitative estimate of drug-likeness (QED) is 0.523. The fourth-order valence-corrected chi connectivity index (χ4v) is 1.84. The molecule has 3 heteroatoms. The van der Waals surface area contributed by atoms with Crippen LogP contribution in [0.5, 0.6) is 0 Å². The second-order valence-corrected chi connectivity index (χ2v) is 3.75. The number of benzene rings is 1. The van der Waals surface area contributed by atoms with Crippen LogP contribution in [0.15, 0.2) is 29.3 Å². The van der Waals surface area contributed by atoms with Gasteiger partial charge in [0.2, 0.25) is 5.91 Å². The average Bonchev–Trinajstić information content (AvgIpc) is 2.15. The van der Waals surface area contributed by atoms with Crippen LogP contribution in [-0.4, -0.2) is 17.2 Å². The van der Waals surface area contributed by atoms with Gasteiger partial charge in [-0.1, -0.05) is 24.3 Å². The lowest BCUT2D eigenvalue weighted by Gasteiger charge is -2.05. The van der Waals surface area contributed by atoms with Crippen LogP contribution < -0.4 is 0 Å². The Kier molecular flexibility index (Phi) is 3.89. The Bertz CT molecular complexity index is 371. The predicted molar refractivity (Wildman–Crippen MR) is 61.9 cm³/mol. The second-order valence-electron chi connectivity index (χ2n) is 2.96. The molecule has 0 saturated heterocycles. The SMILES string of the molecule is CSC(=NC(C)=O)c1ccccc1C. The molecule has 0 aliphatic heterocycles. The normalized spacial score (nSPS) is 11.5. The summed E-state index contributed by atoms with van der Waals surface area (Å²) in [7, 11) is 0. The molecule has 14 heavy (non-hydrogen) atoms. The molecular formula is C11H13NOS. The van der Waals surface area contributed by atoms with Crippen molar-refractivity contribution in [2.75, 3.05) is 6.26 Å². The van der Waals surface area contributed by atoms with Crippen molar-refractivity contribution in [1.82, 2.24) is 0 Å². The summed E-state index contributed by atoms with van der Waals surface area (Å²) < 4.78 is 0. The molecule has 1 rings (SSSR count). The number of carbonyl (C=O) groups excluding carboxylic acids is 1. The molecule has 1 aromatic carbocycles. The van der Waals surface area contributed by atoms with Crippen LogP contribution in [-0.2, 0) is 4.79 Å². The van der Waals surface area contributed by atoms with E-state index < -0.39 is 0 Å². The van der Waals surface area contributed by atoms with E-state index in [1.54, 1.807) is 0 Å². The number of aliphatic imine (C=N–C) groups is 1. The summed E-state index contributed by atoms with van der Waals surface area (Å²) >= 11 is 1.49. The highest BCUT2D eigenvalue weighted by atomic mass is 32.2. The lowest BCUT2D eigenvalue weighted by atomic mass is 10.1. The maximum Gasteiger partial charge on any atom is 0.243 e. The maximum absolute atomic E-state index is 10.9. The molecule has 1 aromatic rings. The topological polar surface area (TPSA) is 29.4 Å². The van der Waals surface area contributed by atoms with E-state index in [-0.39, 0.29) is 5.91 Å². The van der Waals surface area contributed by atoms with Crippen molar-refractivity contribution in [1.29, 1.82) is 0 Å². The van der Waals surface area contributed by atoms with Crippen molar-refractivity contribution >= 4 is 22.7 Å². The van der Waals surface area contributed by atoms with Gasteiger partial charge in [0.15, 0.2) is 0 Å². The van der Waals surface area contributed by atoms with Crippen molar-refractivity contribution in [3.8, 4) is 0 Å². The Hall–Kier alpha value is -1.09. The summed E-state index contributed by atoms with van der Waals surface area (Å²) in [6.45, 7) is 3.48. The van der Waals surface area contributed by atoms with Gasteiger partial charge in [0.1, 0.15) is 5.04 Å². The molecule has 0 N–H and O–H groups in total. The van der Waals surface area contributed by atoms with E-state index in [1.807, 2.05) is 37.4 Å². The Morgan fingerprint density at radius 2 is 2.00 bits per heavy atom. The van der Waals surface area contributed by atoms with E-state index in [0.29, 0.717) is 0 Å². The van der Waals surface area contributed by atoms with Crippen LogP contribution in [0.1, 0.15) is 18.1 Å². The van der Waals surface area contributed by atoms with E-state index in [9.17, 15) is 4.79 Å².